The number of hydrogen-bond donors (Lipinski definition) is 0. The van der Waals surface area contributed by atoms with Crippen molar-refractivity contribution < 1.29 is 0 Å². The average Bonchev–Trinajstić information content (AvgIpc) is 3.06. The van der Waals surface area contributed by atoms with Crippen molar-refractivity contribution in [1.29, 1.82) is 0 Å². The summed E-state index contributed by atoms with van der Waals surface area (Å²) in [6.07, 6.45) is 20.9. The maximum Gasteiger partial charge on any atom is -0.00851 e. The Morgan fingerprint density at radius 1 is 1.00 bits per heavy atom. The summed E-state index contributed by atoms with van der Waals surface area (Å²) < 4.78 is 0. The first kappa shape index (κ1) is 22.7. The molecule has 3 saturated carbocycles. The van der Waals surface area contributed by atoms with Gasteiger partial charge in [0.2, 0.25) is 0 Å². The molecular weight excluding hydrogens is 360 g/mol. The second-order valence-corrected chi connectivity index (χ2v) is 12.9. The average molecular weight is 411 g/mol. The van der Waals surface area contributed by atoms with Crippen LogP contribution in [-0.2, 0) is 0 Å². The van der Waals surface area contributed by atoms with Crippen LogP contribution in [0.25, 0.3) is 0 Å². The molecular formula is C30H50. The number of fused-ring (bicyclic) bond motifs is 5. The molecule has 30 heavy (non-hydrogen) atoms. The van der Waals surface area contributed by atoms with E-state index in [0.29, 0.717) is 10.8 Å². The van der Waals surface area contributed by atoms with Gasteiger partial charge in [-0.15, -0.1) is 0 Å². The fourth-order valence-electron chi connectivity index (χ4n) is 9.03. The van der Waals surface area contributed by atoms with Crippen LogP contribution in [0.1, 0.15) is 106 Å². The van der Waals surface area contributed by atoms with Crippen LogP contribution in [0.15, 0.2) is 23.8 Å². The van der Waals surface area contributed by atoms with E-state index in [0.717, 1.165) is 47.3 Å². The standard InChI is InChI=1S/C30H50/c1-8-23(20(2)3)10-9-22(5)26-13-14-27-25-12-11-24-19-21(4)15-17-29(24,6)28(25)16-18-30(26,27)7/h9-11,20-23,25-28H,8,12-19H2,1-7H3/t21-,22+,23+,25+,26+,27+,28-,29-,30+/m0/s1. The van der Waals surface area contributed by atoms with E-state index in [2.05, 4.69) is 66.7 Å². The summed E-state index contributed by atoms with van der Waals surface area (Å²) in [5.74, 6) is 6.98. The van der Waals surface area contributed by atoms with E-state index in [-0.39, 0.29) is 0 Å². The first-order valence-electron chi connectivity index (χ1n) is 13.6. The highest BCUT2D eigenvalue weighted by molar-refractivity contribution is 5.25. The minimum atomic E-state index is 0.534. The SMILES string of the molecule is CC[C@H](C=C[C@@H](C)[C@H]1CC[C@@H]2[C@H]3CC=C4C[C@@H](C)CC[C@]4(C)[C@H]3CC[C@@]21C)C(C)C. The van der Waals surface area contributed by atoms with Crippen LogP contribution >= 0.6 is 0 Å². The highest BCUT2D eigenvalue weighted by Gasteiger charge is 2.58. The normalized spacial score (nSPS) is 45.6. The Bertz CT molecular complexity index is 668. The Kier molecular flexibility index (Phi) is 6.38. The van der Waals surface area contributed by atoms with Crippen molar-refractivity contribution in [3.63, 3.8) is 0 Å². The van der Waals surface area contributed by atoms with Crippen LogP contribution in [0.4, 0.5) is 0 Å². The first-order valence-corrected chi connectivity index (χ1v) is 13.6. The molecule has 4 aliphatic rings. The molecule has 0 N–H and O–H groups in total. The zero-order chi connectivity index (χ0) is 21.7. The van der Waals surface area contributed by atoms with E-state index in [9.17, 15) is 0 Å². The lowest BCUT2D eigenvalue weighted by Gasteiger charge is -2.58. The summed E-state index contributed by atoms with van der Waals surface area (Å²) in [7, 11) is 0. The van der Waals surface area contributed by atoms with Crippen molar-refractivity contribution in [2.75, 3.05) is 0 Å². The van der Waals surface area contributed by atoms with Crippen molar-refractivity contribution >= 4 is 0 Å². The smallest absolute Gasteiger partial charge is 0.00851 e. The molecule has 0 unspecified atom stereocenters. The molecule has 3 fully saturated rings. The Morgan fingerprint density at radius 3 is 2.47 bits per heavy atom. The largest absolute Gasteiger partial charge is 0.0851 e. The minimum absolute atomic E-state index is 0.534. The molecule has 9 atom stereocenters. The number of hydrogen-bond acceptors (Lipinski definition) is 0. The number of allylic oxidation sites excluding steroid dienone is 4. The quantitative estimate of drug-likeness (QED) is 0.396. The predicted octanol–water partition coefficient (Wildman–Crippen LogP) is 9.08. The molecule has 0 amide bonds. The summed E-state index contributed by atoms with van der Waals surface area (Å²) >= 11 is 0. The Morgan fingerprint density at radius 2 is 1.77 bits per heavy atom. The second kappa shape index (κ2) is 8.44. The van der Waals surface area contributed by atoms with Gasteiger partial charge in [0.15, 0.2) is 0 Å². The molecule has 0 radical (unpaired) electrons. The Labute approximate surface area is 188 Å². The predicted molar refractivity (Wildman–Crippen MR) is 131 cm³/mol. The molecule has 0 aromatic rings. The van der Waals surface area contributed by atoms with Gasteiger partial charge in [0.1, 0.15) is 0 Å². The monoisotopic (exact) mass is 410 g/mol. The summed E-state index contributed by atoms with van der Waals surface area (Å²) in [5, 5.41) is 0. The van der Waals surface area contributed by atoms with Gasteiger partial charge in [0.25, 0.3) is 0 Å². The molecule has 0 heterocycles. The molecule has 0 heteroatoms. The van der Waals surface area contributed by atoms with Gasteiger partial charge in [-0.25, -0.2) is 0 Å². The molecule has 4 aliphatic carbocycles. The fourth-order valence-corrected chi connectivity index (χ4v) is 9.03. The van der Waals surface area contributed by atoms with E-state index >= 15 is 0 Å². The van der Waals surface area contributed by atoms with Crippen molar-refractivity contribution in [1.82, 2.24) is 0 Å². The van der Waals surface area contributed by atoms with Crippen LogP contribution in [-0.4, -0.2) is 0 Å². The highest BCUT2D eigenvalue weighted by atomic mass is 14.6. The van der Waals surface area contributed by atoms with E-state index < -0.39 is 0 Å². The molecule has 170 valence electrons. The van der Waals surface area contributed by atoms with Gasteiger partial charge in [-0.2, -0.15) is 0 Å². The van der Waals surface area contributed by atoms with Crippen LogP contribution in [0.2, 0.25) is 0 Å². The van der Waals surface area contributed by atoms with Crippen LogP contribution in [0.3, 0.4) is 0 Å². The van der Waals surface area contributed by atoms with Crippen molar-refractivity contribution in [2.24, 2.45) is 58.2 Å². The lowest BCUT2D eigenvalue weighted by atomic mass is 9.46. The lowest BCUT2D eigenvalue weighted by molar-refractivity contribution is -0.0486. The molecule has 0 aromatic carbocycles. The van der Waals surface area contributed by atoms with Crippen molar-refractivity contribution in [3.8, 4) is 0 Å². The van der Waals surface area contributed by atoms with Gasteiger partial charge >= 0.3 is 0 Å². The van der Waals surface area contributed by atoms with Crippen molar-refractivity contribution in [3.05, 3.63) is 23.8 Å². The third kappa shape index (κ3) is 3.67. The maximum absolute atomic E-state index is 2.74. The highest BCUT2D eigenvalue weighted by Crippen LogP contribution is 2.67. The zero-order valence-electron chi connectivity index (χ0n) is 21.2. The summed E-state index contributed by atoms with van der Waals surface area (Å²) in [6.45, 7) is 17.5. The number of rotatable bonds is 5. The third-order valence-electron chi connectivity index (χ3n) is 11.0. The van der Waals surface area contributed by atoms with Gasteiger partial charge in [-0.3, -0.25) is 0 Å². The Balaban J connectivity index is 1.52. The molecule has 0 spiro atoms. The van der Waals surface area contributed by atoms with Gasteiger partial charge in [0.05, 0.1) is 0 Å². The van der Waals surface area contributed by atoms with Gasteiger partial charge in [0, 0.05) is 0 Å². The van der Waals surface area contributed by atoms with Crippen LogP contribution < -0.4 is 0 Å². The Hall–Kier alpha value is -0.520. The lowest BCUT2D eigenvalue weighted by Crippen LogP contribution is -2.50. The van der Waals surface area contributed by atoms with Gasteiger partial charge in [-0.05, 0) is 116 Å². The second-order valence-electron chi connectivity index (χ2n) is 12.9. The fraction of sp³-hybridized carbons (Fsp3) is 0.867. The third-order valence-corrected chi connectivity index (χ3v) is 11.0. The molecule has 0 bridgehead atoms. The van der Waals surface area contributed by atoms with Crippen LogP contribution in [0.5, 0.6) is 0 Å². The maximum atomic E-state index is 2.74. The molecule has 0 aromatic heterocycles. The molecule has 4 rings (SSSR count). The van der Waals surface area contributed by atoms with Gasteiger partial charge in [-0.1, -0.05) is 72.3 Å². The molecule has 0 aliphatic heterocycles. The molecule has 0 nitrogen and oxygen atoms in total. The van der Waals surface area contributed by atoms with Crippen molar-refractivity contribution in [2.45, 2.75) is 106 Å². The zero-order valence-corrected chi connectivity index (χ0v) is 21.2. The van der Waals surface area contributed by atoms with E-state index in [1.165, 1.54) is 57.8 Å². The van der Waals surface area contributed by atoms with E-state index in [4.69, 9.17) is 0 Å². The van der Waals surface area contributed by atoms with E-state index in [1.54, 1.807) is 0 Å². The van der Waals surface area contributed by atoms with Gasteiger partial charge < -0.3 is 0 Å². The van der Waals surface area contributed by atoms with E-state index in [1.807, 2.05) is 5.57 Å². The summed E-state index contributed by atoms with van der Waals surface area (Å²) in [6, 6.07) is 0. The first-order chi connectivity index (χ1) is 14.2. The summed E-state index contributed by atoms with van der Waals surface area (Å²) in [5.41, 5.74) is 2.97. The topological polar surface area (TPSA) is 0 Å². The minimum Gasteiger partial charge on any atom is -0.0851 e. The molecule has 0 saturated heterocycles. The van der Waals surface area contributed by atoms with Crippen LogP contribution in [0, 0.1) is 58.2 Å². The summed E-state index contributed by atoms with van der Waals surface area (Å²) in [4.78, 5) is 0.